The first-order valence-corrected chi connectivity index (χ1v) is 7.70. The molecule has 1 N–H and O–H groups in total. The van der Waals surface area contributed by atoms with Crippen LogP contribution in [0.25, 0.3) is 0 Å². The second-order valence-electron chi connectivity index (χ2n) is 2.46. The highest BCUT2D eigenvalue weighted by atomic mass is 28.5. The number of rotatable bonds is 8. The average Bonchev–Trinajstić information content (AvgIpc) is 2.33. The molecule has 0 unspecified atom stereocenters. The maximum Gasteiger partial charge on any atom is 0.671 e. The topological polar surface area (TPSA) is 75.6 Å². The molecule has 0 bridgehead atoms. The summed E-state index contributed by atoms with van der Waals surface area (Å²) in [5.41, 5.74) is 0. The first-order valence-electron chi connectivity index (χ1n) is 4.14. The van der Waals surface area contributed by atoms with Crippen molar-refractivity contribution < 1.29 is 31.4 Å². The van der Waals surface area contributed by atoms with Crippen molar-refractivity contribution in [3.05, 3.63) is 0 Å². The SMILES string of the molecule is CO[Si](CO)(OC)O[Si](OC)(OC)OC. The molecule has 0 aromatic rings. The fraction of sp³-hybridized carbons (Fsp3) is 1.00. The van der Waals surface area contributed by atoms with Crippen LogP contribution in [0.5, 0.6) is 0 Å². The van der Waals surface area contributed by atoms with Crippen LogP contribution in [0.3, 0.4) is 0 Å². The second kappa shape index (κ2) is 6.68. The van der Waals surface area contributed by atoms with Crippen LogP contribution in [0.1, 0.15) is 0 Å². The zero-order chi connectivity index (χ0) is 11.9. The van der Waals surface area contributed by atoms with E-state index in [0.29, 0.717) is 0 Å². The van der Waals surface area contributed by atoms with Crippen molar-refractivity contribution in [3.8, 4) is 0 Å². The van der Waals surface area contributed by atoms with Crippen LogP contribution in [0.4, 0.5) is 0 Å². The summed E-state index contributed by atoms with van der Waals surface area (Å²) in [6, 6.07) is 0. The molecule has 0 atom stereocenters. The lowest BCUT2D eigenvalue weighted by Gasteiger charge is -2.32. The fourth-order valence-corrected chi connectivity index (χ4v) is 5.27. The average molecular weight is 258 g/mol. The van der Waals surface area contributed by atoms with Crippen molar-refractivity contribution >= 4 is 17.9 Å². The highest BCUT2D eigenvalue weighted by Gasteiger charge is 2.54. The van der Waals surface area contributed by atoms with Crippen LogP contribution < -0.4 is 0 Å². The maximum absolute atomic E-state index is 9.17. The van der Waals surface area contributed by atoms with Crippen molar-refractivity contribution in [2.75, 3.05) is 41.8 Å². The zero-order valence-corrected chi connectivity index (χ0v) is 11.6. The molecule has 0 saturated carbocycles. The van der Waals surface area contributed by atoms with Crippen molar-refractivity contribution in [1.29, 1.82) is 0 Å². The van der Waals surface area contributed by atoms with Crippen molar-refractivity contribution in [1.82, 2.24) is 0 Å². The lowest BCUT2D eigenvalue weighted by atomic mass is 11.7. The van der Waals surface area contributed by atoms with Gasteiger partial charge in [0.2, 0.25) is 0 Å². The summed E-state index contributed by atoms with van der Waals surface area (Å²) >= 11 is 0. The van der Waals surface area contributed by atoms with Gasteiger partial charge in [0.15, 0.2) is 0 Å². The molecular formula is C6H18O7Si2. The number of hydrogen-bond donors (Lipinski definition) is 1. The van der Waals surface area contributed by atoms with Gasteiger partial charge in [-0.3, -0.25) is 0 Å². The van der Waals surface area contributed by atoms with Crippen LogP contribution in [0, 0.1) is 0 Å². The van der Waals surface area contributed by atoms with Gasteiger partial charge in [0.25, 0.3) is 0 Å². The Labute approximate surface area is 91.7 Å². The molecule has 0 radical (unpaired) electrons. The Balaban J connectivity index is 4.74. The van der Waals surface area contributed by atoms with Crippen molar-refractivity contribution in [3.63, 3.8) is 0 Å². The van der Waals surface area contributed by atoms with E-state index in [-0.39, 0.29) is 6.23 Å². The number of hydrogen-bond acceptors (Lipinski definition) is 7. The van der Waals surface area contributed by atoms with Crippen LogP contribution in [-0.2, 0) is 26.2 Å². The summed E-state index contributed by atoms with van der Waals surface area (Å²) in [6.07, 6.45) is -0.384. The van der Waals surface area contributed by atoms with Crippen molar-refractivity contribution in [2.45, 2.75) is 0 Å². The molecule has 0 saturated heterocycles. The number of aliphatic hydroxyl groups is 1. The second-order valence-corrected chi connectivity index (χ2v) is 8.00. The van der Waals surface area contributed by atoms with Crippen LogP contribution in [0.15, 0.2) is 0 Å². The molecule has 0 aliphatic carbocycles. The molecule has 0 aliphatic heterocycles. The lowest BCUT2D eigenvalue weighted by Crippen LogP contribution is -2.60. The smallest absolute Gasteiger partial charge is 0.392 e. The van der Waals surface area contributed by atoms with E-state index < -0.39 is 17.9 Å². The molecule has 0 heterocycles. The van der Waals surface area contributed by atoms with Gasteiger partial charge < -0.3 is 31.4 Å². The first kappa shape index (κ1) is 15.2. The van der Waals surface area contributed by atoms with Crippen LogP contribution >= 0.6 is 0 Å². The predicted octanol–water partition coefficient (Wildman–Crippen LogP) is -0.859. The third-order valence-electron chi connectivity index (χ3n) is 1.85. The molecule has 0 fully saturated rings. The van der Waals surface area contributed by atoms with E-state index >= 15 is 0 Å². The molecule has 7 nitrogen and oxygen atoms in total. The van der Waals surface area contributed by atoms with E-state index in [1.54, 1.807) is 0 Å². The Morgan fingerprint density at radius 3 is 1.40 bits per heavy atom. The molecule has 0 rings (SSSR count). The largest absolute Gasteiger partial charge is 0.671 e. The van der Waals surface area contributed by atoms with E-state index in [4.69, 9.17) is 31.4 Å². The zero-order valence-electron chi connectivity index (χ0n) is 9.60. The van der Waals surface area contributed by atoms with Gasteiger partial charge >= 0.3 is 17.9 Å². The molecule has 0 amide bonds. The molecule has 92 valence electrons. The third-order valence-corrected chi connectivity index (χ3v) is 7.22. The quantitative estimate of drug-likeness (QED) is 0.568. The molecular weight excluding hydrogens is 240 g/mol. The van der Waals surface area contributed by atoms with E-state index in [1.807, 2.05) is 0 Å². The molecule has 0 aromatic heterocycles. The Kier molecular flexibility index (Phi) is 6.74. The van der Waals surface area contributed by atoms with Gasteiger partial charge in [-0.05, 0) is 0 Å². The monoisotopic (exact) mass is 258 g/mol. The van der Waals surface area contributed by atoms with Gasteiger partial charge in [-0.25, -0.2) is 0 Å². The predicted molar refractivity (Wildman–Crippen MR) is 54.7 cm³/mol. The lowest BCUT2D eigenvalue weighted by molar-refractivity contribution is 0.00756. The van der Waals surface area contributed by atoms with E-state index in [0.717, 1.165) is 0 Å². The minimum atomic E-state index is -3.26. The summed E-state index contributed by atoms with van der Waals surface area (Å²) in [7, 11) is 0.494. The Bertz CT molecular complexity index is 136. The maximum atomic E-state index is 9.17. The molecule has 0 spiro atoms. The summed E-state index contributed by atoms with van der Waals surface area (Å²) in [4.78, 5) is 0. The molecule has 0 aromatic carbocycles. The summed E-state index contributed by atoms with van der Waals surface area (Å²) in [5, 5.41) is 9.17. The normalized spacial score (nSPS) is 13.2. The highest BCUT2D eigenvalue weighted by Crippen LogP contribution is 2.17. The Morgan fingerprint density at radius 2 is 1.20 bits per heavy atom. The minimum Gasteiger partial charge on any atom is -0.392 e. The third kappa shape index (κ3) is 3.58. The number of aliphatic hydroxyl groups excluding tert-OH is 1. The van der Waals surface area contributed by atoms with Gasteiger partial charge in [0, 0.05) is 35.5 Å². The fourth-order valence-electron chi connectivity index (χ4n) is 0.893. The highest BCUT2D eigenvalue weighted by molar-refractivity contribution is 6.71. The molecule has 0 aliphatic rings. The summed E-state index contributed by atoms with van der Waals surface area (Å²) < 4.78 is 30.6. The van der Waals surface area contributed by atoms with Gasteiger partial charge in [-0.2, -0.15) is 0 Å². The van der Waals surface area contributed by atoms with Crippen LogP contribution in [0.2, 0.25) is 0 Å². The standard InChI is InChI=1S/C6H18O7Si2/c1-8-14(6-7,9-2)13-15(10-3,11-4)12-5/h7H,6H2,1-5H3. The summed E-state index contributed by atoms with van der Waals surface area (Å²) in [6.45, 7) is 0. The van der Waals surface area contributed by atoms with Gasteiger partial charge in [-0.1, -0.05) is 0 Å². The minimum absolute atomic E-state index is 0.384. The van der Waals surface area contributed by atoms with Crippen LogP contribution in [-0.4, -0.2) is 64.7 Å². The van der Waals surface area contributed by atoms with E-state index in [9.17, 15) is 0 Å². The Hall–Kier alpha value is 0.154. The van der Waals surface area contributed by atoms with E-state index in [2.05, 4.69) is 0 Å². The Morgan fingerprint density at radius 1 is 0.800 bits per heavy atom. The summed E-state index contributed by atoms with van der Waals surface area (Å²) in [5.74, 6) is 0. The molecule has 15 heavy (non-hydrogen) atoms. The van der Waals surface area contributed by atoms with Gasteiger partial charge in [0.1, 0.15) is 6.23 Å². The van der Waals surface area contributed by atoms with Crippen molar-refractivity contribution in [2.24, 2.45) is 0 Å². The van der Waals surface area contributed by atoms with Gasteiger partial charge in [-0.15, -0.1) is 0 Å². The van der Waals surface area contributed by atoms with E-state index in [1.165, 1.54) is 35.5 Å². The van der Waals surface area contributed by atoms with Gasteiger partial charge in [0.05, 0.1) is 0 Å². The molecule has 9 heteroatoms. The first-order chi connectivity index (χ1) is 7.07.